The van der Waals surface area contributed by atoms with E-state index in [-0.39, 0.29) is 5.69 Å². The summed E-state index contributed by atoms with van der Waals surface area (Å²) in [7, 11) is 0. The van der Waals surface area contributed by atoms with Crippen molar-refractivity contribution in [2.45, 2.75) is 6.54 Å². The number of benzene rings is 1. The van der Waals surface area contributed by atoms with E-state index >= 15 is 0 Å². The highest BCUT2D eigenvalue weighted by Gasteiger charge is 2.04. The summed E-state index contributed by atoms with van der Waals surface area (Å²) in [4.78, 5) is 18.5. The van der Waals surface area contributed by atoms with E-state index in [2.05, 4.69) is 22.1 Å². The van der Waals surface area contributed by atoms with Crippen molar-refractivity contribution in [1.82, 2.24) is 14.5 Å². The van der Waals surface area contributed by atoms with E-state index in [9.17, 15) is 10.1 Å². The van der Waals surface area contributed by atoms with E-state index in [0.717, 1.165) is 12.4 Å². The maximum absolute atomic E-state index is 10.6. The van der Waals surface area contributed by atoms with Gasteiger partial charge in [-0.25, -0.2) is 9.97 Å². The van der Waals surface area contributed by atoms with Crippen LogP contribution in [0.3, 0.4) is 0 Å². The molecular weight excluding hydrogens is 292 g/mol. The second-order valence-electron chi connectivity index (χ2n) is 4.93. The minimum atomic E-state index is -0.465. The van der Waals surface area contributed by atoms with Gasteiger partial charge in [-0.3, -0.25) is 10.1 Å². The van der Waals surface area contributed by atoms with Gasteiger partial charge in [-0.05, 0) is 23.8 Å². The quantitative estimate of drug-likeness (QED) is 0.535. The molecule has 3 aromatic rings. The van der Waals surface area contributed by atoms with Gasteiger partial charge in [0.1, 0.15) is 12.0 Å². The van der Waals surface area contributed by atoms with E-state index in [0.29, 0.717) is 5.69 Å². The molecule has 0 spiro atoms. The van der Waals surface area contributed by atoms with Gasteiger partial charge < -0.3 is 4.57 Å². The second kappa shape index (κ2) is 6.65. The first-order valence-electron chi connectivity index (χ1n) is 7.06. The smallest absolute Gasteiger partial charge is 0.287 e. The average Bonchev–Trinajstić information content (AvgIpc) is 3.01. The Morgan fingerprint density at radius 3 is 2.61 bits per heavy atom. The number of nitrogens with zero attached hydrogens (tertiary/aromatic N) is 4. The molecule has 1 aromatic carbocycles. The summed E-state index contributed by atoms with van der Waals surface area (Å²) in [6.07, 6.45) is 8.53. The van der Waals surface area contributed by atoms with Crippen LogP contribution < -0.4 is 0 Å². The summed E-state index contributed by atoms with van der Waals surface area (Å²) in [6.45, 7) is 0.730. The van der Waals surface area contributed by atoms with Crippen molar-refractivity contribution >= 4 is 17.8 Å². The lowest BCUT2D eigenvalue weighted by Gasteiger charge is -2.05. The first-order valence-corrected chi connectivity index (χ1v) is 7.06. The van der Waals surface area contributed by atoms with Gasteiger partial charge in [-0.2, -0.15) is 0 Å². The highest BCUT2D eigenvalue weighted by Crippen LogP contribution is 2.12. The number of pyridine rings is 1. The van der Waals surface area contributed by atoms with E-state index in [4.69, 9.17) is 0 Å². The van der Waals surface area contributed by atoms with Crippen molar-refractivity contribution in [2.24, 2.45) is 0 Å². The first-order chi connectivity index (χ1) is 11.2. The summed E-state index contributed by atoms with van der Waals surface area (Å²) in [5.74, 6) is 0.800. The molecule has 0 amide bonds. The Labute approximate surface area is 132 Å². The van der Waals surface area contributed by atoms with Crippen LogP contribution >= 0.6 is 0 Å². The minimum Gasteiger partial charge on any atom is -0.327 e. The predicted octanol–water partition coefficient (Wildman–Crippen LogP) is 3.41. The van der Waals surface area contributed by atoms with E-state index in [1.165, 1.54) is 17.8 Å². The molecule has 114 valence electrons. The Morgan fingerprint density at radius 1 is 1.09 bits per heavy atom. The highest BCUT2D eigenvalue weighted by molar-refractivity contribution is 5.65. The molecule has 0 saturated heterocycles. The zero-order valence-corrected chi connectivity index (χ0v) is 12.2. The van der Waals surface area contributed by atoms with Crippen LogP contribution in [0.4, 0.5) is 5.69 Å². The van der Waals surface area contributed by atoms with Crippen LogP contribution in [0.25, 0.3) is 12.2 Å². The molecular formula is C17H14N4O2. The summed E-state index contributed by atoms with van der Waals surface area (Å²) < 4.78 is 2.03. The molecule has 0 atom stereocenters. The highest BCUT2D eigenvalue weighted by atomic mass is 16.6. The third-order valence-corrected chi connectivity index (χ3v) is 3.33. The molecule has 0 fully saturated rings. The molecule has 6 nitrogen and oxygen atoms in total. The zero-order valence-electron chi connectivity index (χ0n) is 12.2. The van der Waals surface area contributed by atoms with Gasteiger partial charge in [0.15, 0.2) is 0 Å². The molecule has 2 aromatic heterocycles. The van der Waals surface area contributed by atoms with Crippen LogP contribution in [0.2, 0.25) is 0 Å². The lowest BCUT2D eigenvalue weighted by Crippen LogP contribution is -2.00. The normalized spacial score (nSPS) is 11.0. The largest absolute Gasteiger partial charge is 0.327 e. The van der Waals surface area contributed by atoms with Crippen LogP contribution in [0.15, 0.2) is 61.1 Å². The van der Waals surface area contributed by atoms with Gasteiger partial charge in [-0.15, -0.1) is 0 Å². The minimum absolute atomic E-state index is 0.0206. The van der Waals surface area contributed by atoms with Crippen molar-refractivity contribution < 1.29 is 4.92 Å². The summed E-state index contributed by atoms with van der Waals surface area (Å²) in [5.41, 5.74) is 1.81. The molecule has 0 bridgehead atoms. The Morgan fingerprint density at radius 2 is 1.91 bits per heavy atom. The number of aromatic nitrogens is 3. The number of rotatable bonds is 5. The van der Waals surface area contributed by atoms with Crippen molar-refractivity contribution in [2.75, 3.05) is 0 Å². The van der Waals surface area contributed by atoms with Gasteiger partial charge in [0, 0.05) is 25.0 Å². The predicted molar refractivity (Wildman–Crippen MR) is 87.6 cm³/mol. The maximum Gasteiger partial charge on any atom is 0.287 e. The van der Waals surface area contributed by atoms with E-state index in [1.54, 1.807) is 18.3 Å². The van der Waals surface area contributed by atoms with Crippen molar-refractivity contribution in [3.8, 4) is 0 Å². The fourth-order valence-electron chi connectivity index (χ4n) is 2.16. The molecule has 0 aliphatic carbocycles. The molecule has 0 saturated carbocycles. The number of hydrogen-bond acceptors (Lipinski definition) is 4. The topological polar surface area (TPSA) is 73.8 Å². The van der Waals surface area contributed by atoms with E-state index in [1.807, 2.05) is 35.0 Å². The van der Waals surface area contributed by atoms with Crippen LogP contribution in [0.5, 0.6) is 0 Å². The average molecular weight is 306 g/mol. The third kappa shape index (κ3) is 3.68. The van der Waals surface area contributed by atoms with Crippen LogP contribution in [0.1, 0.15) is 17.1 Å². The van der Waals surface area contributed by atoms with Crippen LogP contribution in [-0.2, 0) is 6.54 Å². The maximum atomic E-state index is 10.6. The fourth-order valence-corrected chi connectivity index (χ4v) is 2.16. The van der Waals surface area contributed by atoms with Crippen LogP contribution in [0, 0.1) is 10.1 Å². The van der Waals surface area contributed by atoms with Crippen molar-refractivity contribution in [3.05, 3.63) is 88.3 Å². The fraction of sp³-hybridized carbons (Fsp3) is 0.0588. The molecule has 0 radical (unpaired) electrons. The van der Waals surface area contributed by atoms with Gasteiger partial charge >= 0.3 is 0 Å². The third-order valence-electron chi connectivity index (χ3n) is 3.33. The number of nitro groups is 1. The zero-order chi connectivity index (χ0) is 16.1. The Bertz CT molecular complexity index is 823. The molecule has 0 aliphatic heterocycles. The van der Waals surface area contributed by atoms with Gasteiger partial charge in [0.2, 0.25) is 0 Å². The number of hydrogen-bond donors (Lipinski definition) is 0. The first kappa shape index (κ1) is 14.6. The van der Waals surface area contributed by atoms with Crippen LogP contribution in [-0.4, -0.2) is 19.5 Å². The second-order valence-corrected chi connectivity index (χ2v) is 4.93. The summed E-state index contributed by atoms with van der Waals surface area (Å²) >= 11 is 0. The van der Waals surface area contributed by atoms with Gasteiger partial charge in [-0.1, -0.05) is 30.3 Å². The number of imidazole rings is 1. The van der Waals surface area contributed by atoms with Gasteiger partial charge in [0.25, 0.3) is 5.69 Å². The summed E-state index contributed by atoms with van der Waals surface area (Å²) in [6, 6.07) is 13.2. The molecule has 0 N–H and O–H groups in total. The summed E-state index contributed by atoms with van der Waals surface area (Å²) in [5, 5.41) is 10.6. The molecule has 23 heavy (non-hydrogen) atoms. The lowest BCUT2D eigenvalue weighted by atomic mass is 10.2. The standard InChI is InChI=1S/C17H14N4O2/c22-21(23)16-8-6-15(19-12-16)7-9-17-18-10-11-20(17)13-14-4-2-1-3-5-14/h1-12H,13H2/b9-7+. The molecule has 6 heteroatoms. The molecule has 3 rings (SSSR count). The van der Waals surface area contributed by atoms with E-state index < -0.39 is 4.92 Å². The Kier molecular flexibility index (Phi) is 4.24. The molecule has 2 heterocycles. The Balaban J connectivity index is 1.75. The molecule has 0 aliphatic rings. The monoisotopic (exact) mass is 306 g/mol. The SMILES string of the molecule is O=[N+]([O-])c1ccc(/C=C/c2nccn2Cc2ccccc2)nc1. The Hall–Kier alpha value is -3.28. The van der Waals surface area contributed by atoms with Gasteiger partial charge in [0.05, 0.1) is 10.6 Å². The molecule has 0 unspecified atom stereocenters. The van der Waals surface area contributed by atoms with Crippen molar-refractivity contribution in [3.63, 3.8) is 0 Å². The lowest BCUT2D eigenvalue weighted by molar-refractivity contribution is -0.385. The van der Waals surface area contributed by atoms with Crippen molar-refractivity contribution in [1.29, 1.82) is 0 Å².